The number of thioether (sulfide) groups is 1. The molecule has 0 amide bonds. The normalized spacial score (nSPS) is 10.4. The van der Waals surface area contributed by atoms with E-state index in [1.165, 1.54) is 11.5 Å². The van der Waals surface area contributed by atoms with E-state index in [9.17, 15) is 4.79 Å². The Hall–Kier alpha value is -0.750. The van der Waals surface area contributed by atoms with Crippen molar-refractivity contribution in [3.8, 4) is 0 Å². The number of rotatable bonds is 7. The number of carboxylic acid groups (broad SMARTS) is 1. The highest BCUT2D eigenvalue weighted by atomic mass is 32.2. The van der Waals surface area contributed by atoms with E-state index in [0.29, 0.717) is 16.3 Å². The van der Waals surface area contributed by atoms with E-state index in [-0.39, 0.29) is 0 Å². The van der Waals surface area contributed by atoms with Gasteiger partial charge in [0, 0.05) is 6.54 Å². The topological polar surface area (TPSA) is 62.2 Å². The molecule has 0 saturated heterocycles. The lowest BCUT2D eigenvalue weighted by Gasteiger charge is -2.04. The average Bonchev–Trinajstić information content (AvgIpc) is 2.59. The lowest BCUT2D eigenvalue weighted by molar-refractivity contribution is 0.0697. The van der Waals surface area contributed by atoms with Gasteiger partial charge in [-0.1, -0.05) is 0 Å². The molecule has 16 heavy (non-hydrogen) atoms. The van der Waals surface area contributed by atoms with Crippen LogP contribution in [0.3, 0.4) is 0 Å². The predicted molar refractivity (Wildman–Crippen MR) is 69.9 cm³/mol. The fraction of sp³-hybridized carbons (Fsp3) is 0.600. The molecule has 0 radical (unpaired) electrons. The summed E-state index contributed by atoms with van der Waals surface area (Å²) in [5.41, 5.74) is 0.902. The molecule has 0 aromatic carbocycles. The number of unbranched alkanes of at least 4 members (excludes halogenated alkanes) is 1. The molecule has 2 N–H and O–H groups in total. The van der Waals surface area contributed by atoms with E-state index in [4.69, 9.17) is 5.11 Å². The van der Waals surface area contributed by atoms with Crippen molar-refractivity contribution in [3.05, 3.63) is 11.3 Å². The molecule has 1 rings (SSSR count). The summed E-state index contributed by atoms with van der Waals surface area (Å²) in [5.74, 6) is 0.243. The van der Waals surface area contributed by atoms with Crippen molar-refractivity contribution in [1.82, 2.24) is 4.37 Å². The van der Waals surface area contributed by atoms with Crippen LogP contribution >= 0.6 is 23.3 Å². The number of anilines is 1. The molecule has 0 unspecified atom stereocenters. The Kier molecular flexibility index (Phi) is 5.62. The van der Waals surface area contributed by atoms with E-state index in [2.05, 4.69) is 15.9 Å². The van der Waals surface area contributed by atoms with E-state index >= 15 is 0 Å². The predicted octanol–water partition coefficient (Wildman–Crippen LogP) is 2.70. The van der Waals surface area contributed by atoms with Gasteiger partial charge in [0.1, 0.15) is 10.6 Å². The van der Waals surface area contributed by atoms with Crippen LogP contribution in [0, 0.1) is 6.92 Å². The fourth-order valence-corrected chi connectivity index (χ4v) is 2.62. The highest BCUT2D eigenvalue weighted by Gasteiger charge is 2.16. The molecule has 0 spiro atoms. The first kappa shape index (κ1) is 13.3. The molecular formula is C10H16N2O2S2. The Morgan fingerprint density at radius 2 is 2.31 bits per heavy atom. The van der Waals surface area contributed by atoms with Gasteiger partial charge < -0.3 is 10.4 Å². The van der Waals surface area contributed by atoms with Crippen LogP contribution in [-0.4, -0.2) is 34.0 Å². The summed E-state index contributed by atoms with van der Waals surface area (Å²) in [6, 6.07) is 0. The summed E-state index contributed by atoms with van der Waals surface area (Å²) in [7, 11) is 0. The molecule has 1 aromatic rings. The summed E-state index contributed by atoms with van der Waals surface area (Å²) in [4.78, 5) is 11.0. The van der Waals surface area contributed by atoms with Crippen molar-refractivity contribution in [2.45, 2.75) is 19.8 Å². The van der Waals surface area contributed by atoms with Crippen LogP contribution in [0.4, 0.5) is 5.00 Å². The van der Waals surface area contributed by atoms with Crippen LogP contribution < -0.4 is 5.32 Å². The molecule has 6 heteroatoms. The van der Waals surface area contributed by atoms with Crippen LogP contribution in [0.5, 0.6) is 0 Å². The van der Waals surface area contributed by atoms with Gasteiger partial charge in [-0.2, -0.15) is 16.1 Å². The van der Waals surface area contributed by atoms with E-state index in [0.717, 1.165) is 25.1 Å². The van der Waals surface area contributed by atoms with Gasteiger partial charge in [-0.3, -0.25) is 0 Å². The van der Waals surface area contributed by atoms with Crippen molar-refractivity contribution >= 4 is 34.3 Å². The summed E-state index contributed by atoms with van der Waals surface area (Å²) in [5, 5.41) is 12.8. The third kappa shape index (κ3) is 3.68. The molecule has 1 aromatic heterocycles. The number of aromatic nitrogens is 1. The lowest BCUT2D eigenvalue weighted by atomic mass is 10.2. The third-order valence-corrected chi connectivity index (χ3v) is 3.73. The quantitative estimate of drug-likeness (QED) is 0.738. The minimum Gasteiger partial charge on any atom is -0.478 e. The number of aromatic carboxylic acids is 1. The van der Waals surface area contributed by atoms with Gasteiger partial charge in [-0.25, -0.2) is 4.79 Å². The van der Waals surface area contributed by atoms with Crippen molar-refractivity contribution in [1.29, 1.82) is 0 Å². The van der Waals surface area contributed by atoms with Crippen LogP contribution in [0.2, 0.25) is 0 Å². The summed E-state index contributed by atoms with van der Waals surface area (Å²) in [6.07, 6.45) is 4.29. The Morgan fingerprint density at radius 1 is 1.56 bits per heavy atom. The van der Waals surface area contributed by atoms with Crippen LogP contribution in [0.1, 0.15) is 28.9 Å². The maximum atomic E-state index is 11.0. The second kappa shape index (κ2) is 6.75. The molecule has 0 saturated carbocycles. The van der Waals surface area contributed by atoms with Crippen LogP contribution in [0.25, 0.3) is 0 Å². The summed E-state index contributed by atoms with van der Waals surface area (Å²) in [6.45, 7) is 2.53. The fourth-order valence-electron chi connectivity index (χ4n) is 1.32. The molecule has 0 fully saturated rings. The zero-order valence-corrected chi connectivity index (χ0v) is 11.1. The van der Waals surface area contributed by atoms with E-state index in [1.54, 1.807) is 6.92 Å². The molecule has 90 valence electrons. The minimum atomic E-state index is -0.905. The van der Waals surface area contributed by atoms with Crippen molar-refractivity contribution < 1.29 is 9.90 Å². The molecule has 0 atom stereocenters. The van der Waals surface area contributed by atoms with Crippen LogP contribution in [-0.2, 0) is 0 Å². The number of carbonyl (C=O) groups is 1. The first-order valence-electron chi connectivity index (χ1n) is 5.09. The second-order valence-electron chi connectivity index (χ2n) is 3.40. The van der Waals surface area contributed by atoms with Gasteiger partial charge in [0.05, 0.1) is 5.69 Å². The number of nitrogens with one attached hydrogen (secondary N) is 1. The number of aryl methyl sites for hydroxylation is 1. The summed E-state index contributed by atoms with van der Waals surface area (Å²) < 4.78 is 4.05. The maximum Gasteiger partial charge on any atom is 0.340 e. The monoisotopic (exact) mass is 260 g/mol. The van der Waals surface area contributed by atoms with Crippen molar-refractivity contribution in [2.24, 2.45) is 0 Å². The maximum absolute atomic E-state index is 11.0. The third-order valence-electron chi connectivity index (χ3n) is 2.14. The molecule has 4 nitrogen and oxygen atoms in total. The average molecular weight is 260 g/mol. The molecular weight excluding hydrogens is 244 g/mol. The first-order chi connectivity index (χ1) is 7.66. The largest absolute Gasteiger partial charge is 0.478 e. The Bertz CT molecular complexity index is 353. The van der Waals surface area contributed by atoms with Crippen molar-refractivity contribution in [3.63, 3.8) is 0 Å². The number of nitrogens with zero attached hydrogens (tertiary/aromatic N) is 1. The van der Waals surface area contributed by atoms with E-state index < -0.39 is 5.97 Å². The number of hydrogen-bond acceptors (Lipinski definition) is 5. The minimum absolute atomic E-state index is 0.315. The smallest absolute Gasteiger partial charge is 0.340 e. The number of carboxylic acids is 1. The van der Waals surface area contributed by atoms with Gasteiger partial charge in [0.25, 0.3) is 0 Å². The Morgan fingerprint density at radius 3 is 2.94 bits per heavy atom. The highest BCUT2D eigenvalue weighted by molar-refractivity contribution is 7.98. The first-order valence-corrected chi connectivity index (χ1v) is 7.26. The van der Waals surface area contributed by atoms with Crippen LogP contribution in [0.15, 0.2) is 0 Å². The molecule has 1 heterocycles. The molecule has 0 aliphatic carbocycles. The Labute approximate surface area is 104 Å². The van der Waals surface area contributed by atoms with E-state index in [1.807, 2.05) is 11.8 Å². The van der Waals surface area contributed by atoms with Gasteiger partial charge in [-0.15, -0.1) is 0 Å². The molecule has 0 aliphatic heterocycles. The molecule has 0 aliphatic rings. The summed E-state index contributed by atoms with van der Waals surface area (Å²) >= 11 is 3.05. The Balaban J connectivity index is 2.45. The lowest BCUT2D eigenvalue weighted by Crippen LogP contribution is -2.06. The SMILES string of the molecule is CSCCCCNc1snc(C)c1C(=O)O. The van der Waals surface area contributed by atoms with Gasteiger partial charge in [0.2, 0.25) is 0 Å². The number of hydrogen-bond donors (Lipinski definition) is 2. The zero-order chi connectivity index (χ0) is 12.0. The van der Waals surface area contributed by atoms with Gasteiger partial charge in [0.15, 0.2) is 0 Å². The molecule has 0 bridgehead atoms. The van der Waals surface area contributed by atoms with Gasteiger partial charge in [-0.05, 0) is 43.3 Å². The highest BCUT2D eigenvalue weighted by Crippen LogP contribution is 2.24. The van der Waals surface area contributed by atoms with Crippen molar-refractivity contribution in [2.75, 3.05) is 23.9 Å². The van der Waals surface area contributed by atoms with Gasteiger partial charge >= 0.3 is 5.97 Å². The zero-order valence-electron chi connectivity index (χ0n) is 9.45. The standard InChI is InChI=1S/C10H16N2O2S2/c1-7-8(10(13)14)9(16-12-7)11-5-3-4-6-15-2/h11H,3-6H2,1-2H3,(H,13,14). The second-order valence-corrected chi connectivity index (χ2v) is 5.16.